The Kier molecular flexibility index (Phi) is 3.48. The molecule has 0 atom stereocenters. The molecule has 9 heteroatoms. The number of benzene rings is 1. The lowest BCUT2D eigenvalue weighted by molar-refractivity contribution is 0.631. The summed E-state index contributed by atoms with van der Waals surface area (Å²) in [5, 5.41) is 2.78. The Balaban J connectivity index is 1.97. The van der Waals surface area contributed by atoms with Crippen molar-refractivity contribution in [3.63, 3.8) is 0 Å². The zero-order chi connectivity index (χ0) is 14.8. The number of aromatic nitrogens is 5. The van der Waals surface area contributed by atoms with Crippen molar-refractivity contribution < 1.29 is 4.39 Å². The maximum Gasteiger partial charge on any atom is 0.241 e. The van der Waals surface area contributed by atoms with Crippen molar-refractivity contribution in [2.24, 2.45) is 0 Å². The molecule has 7 nitrogen and oxygen atoms in total. The quantitative estimate of drug-likeness (QED) is 0.753. The van der Waals surface area contributed by atoms with Gasteiger partial charge in [0.25, 0.3) is 0 Å². The first-order chi connectivity index (χ1) is 10.1. The molecule has 2 aromatic heterocycles. The van der Waals surface area contributed by atoms with Crippen molar-refractivity contribution in [2.75, 3.05) is 11.1 Å². The second-order valence-electron chi connectivity index (χ2n) is 4.04. The van der Waals surface area contributed by atoms with Crippen molar-refractivity contribution in [3.8, 4) is 5.95 Å². The van der Waals surface area contributed by atoms with E-state index in [9.17, 15) is 4.39 Å². The Morgan fingerprint density at radius 3 is 2.86 bits per heavy atom. The fourth-order valence-electron chi connectivity index (χ4n) is 1.64. The van der Waals surface area contributed by atoms with Crippen molar-refractivity contribution in [3.05, 3.63) is 47.2 Å². The van der Waals surface area contributed by atoms with E-state index in [0.29, 0.717) is 0 Å². The number of hydrogen-bond acceptors (Lipinski definition) is 6. The van der Waals surface area contributed by atoms with E-state index in [2.05, 4.69) is 41.2 Å². The highest BCUT2D eigenvalue weighted by Crippen LogP contribution is 2.22. The summed E-state index contributed by atoms with van der Waals surface area (Å²) in [5.74, 6) is 0.0223. The number of nitrogen functional groups attached to an aromatic ring is 1. The zero-order valence-electron chi connectivity index (χ0n) is 10.5. The van der Waals surface area contributed by atoms with E-state index in [0.717, 1.165) is 4.47 Å². The summed E-state index contributed by atoms with van der Waals surface area (Å²) in [6.45, 7) is 0. The Hall–Kier alpha value is -2.55. The molecule has 0 saturated heterocycles. The smallest absolute Gasteiger partial charge is 0.241 e. The number of nitrogens with zero attached hydrogens (tertiary/aromatic N) is 5. The molecule has 0 aliphatic carbocycles. The summed E-state index contributed by atoms with van der Waals surface area (Å²) < 4.78 is 16.0. The van der Waals surface area contributed by atoms with Crippen LogP contribution in [0.5, 0.6) is 0 Å². The van der Waals surface area contributed by atoms with Crippen LogP contribution in [0.3, 0.4) is 0 Å². The van der Waals surface area contributed by atoms with Gasteiger partial charge in [0.15, 0.2) is 0 Å². The lowest BCUT2D eigenvalue weighted by Crippen LogP contribution is -2.08. The largest absolute Gasteiger partial charge is 0.368 e. The first kappa shape index (κ1) is 13.4. The normalized spacial score (nSPS) is 10.6. The number of hydrogen-bond donors (Lipinski definition) is 2. The number of rotatable bonds is 3. The lowest BCUT2D eigenvalue weighted by Gasteiger charge is -2.08. The van der Waals surface area contributed by atoms with Crippen LogP contribution in [0.4, 0.5) is 22.0 Å². The molecule has 1 aromatic carbocycles. The third-order valence-electron chi connectivity index (χ3n) is 2.55. The summed E-state index contributed by atoms with van der Waals surface area (Å²) in [6, 6.07) is 4.50. The van der Waals surface area contributed by atoms with Crippen molar-refractivity contribution >= 4 is 33.5 Å². The first-order valence-corrected chi connectivity index (χ1v) is 6.63. The minimum atomic E-state index is -0.429. The lowest BCUT2D eigenvalue weighted by atomic mass is 10.3. The molecule has 2 heterocycles. The van der Waals surface area contributed by atoms with Gasteiger partial charge in [0.2, 0.25) is 17.8 Å². The average Bonchev–Trinajstić information content (AvgIpc) is 2.96. The van der Waals surface area contributed by atoms with Gasteiger partial charge in [-0.1, -0.05) is 15.9 Å². The maximum atomic E-state index is 13.7. The molecule has 0 aliphatic rings. The van der Waals surface area contributed by atoms with Gasteiger partial charge in [0.05, 0.1) is 5.69 Å². The van der Waals surface area contributed by atoms with Crippen LogP contribution in [0.1, 0.15) is 0 Å². The molecule has 0 radical (unpaired) electrons. The van der Waals surface area contributed by atoms with Crippen LogP contribution in [0.25, 0.3) is 5.95 Å². The van der Waals surface area contributed by atoms with E-state index in [1.165, 1.54) is 12.4 Å². The molecule has 3 N–H and O–H groups in total. The molecule has 0 fully saturated rings. The highest BCUT2D eigenvalue weighted by Gasteiger charge is 2.09. The fraction of sp³-hybridized carbons (Fsp3) is 0. The Morgan fingerprint density at radius 2 is 2.10 bits per heavy atom. The molecule has 0 unspecified atom stereocenters. The van der Waals surface area contributed by atoms with Gasteiger partial charge in [0, 0.05) is 16.9 Å². The zero-order valence-corrected chi connectivity index (χ0v) is 12.1. The van der Waals surface area contributed by atoms with Crippen LogP contribution in [-0.2, 0) is 0 Å². The van der Waals surface area contributed by atoms with Gasteiger partial charge in [-0.2, -0.15) is 15.0 Å². The number of nitrogens with two attached hydrogens (primary N) is 1. The minimum Gasteiger partial charge on any atom is -0.368 e. The van der Waals surface area contributed by atoms with Crippen LogP contribution in [0.15, 0.2) is 41.4 Å². The van der Waals surface area contributed by atoms with Crippen molar-refractivity contribution in [1.82, 2.24) is 24.5 Å². The van der Waals surface area contributed by atoms with Gasteiger partial charge in [0.1, 0.15) is 12.1 Å². The summed E-state index contributed by atoms with van der Waals surface area (Å²) in [5.41, 5.74) is 5.88. The molecule has 3 rings (SSSR count). The highest BCUT2D eigenvalue weighted by atomic mass is 79.9. The van der Waals surface area contributed by atoms with E-state index in [4.69, 9.17) is 5.73 Å². The summed E-state index contributed by atoms with van der Waals surface area (Å²) in [4.78, 5) is 16.0. The predicted molar refractivity (Wildman–Crippen MR) is 78.7 cm³/mol. The Labute approximate surface area is 127 Å². The maximum absolute atomic E-state index is 13.7. The number of halogens is 2. The van der Waals surface area contributed by atoms with E-state index < -0.39 is 5.82 Å². The van der Waals surface area contributed by atoms with Gasteiger partial charge in [-0.25, -0.2) is 9.37 Å². The predicted octanol–water partition coefficient (Wildman–Crippen LogP) is 2.28. The van der Waals surface area contributed by atoms with Gasteiger partial charge in [-0.15, -0.1) is 0 Å². The molecule has 0 bridgehead atoms. The van der Waals surface area contributed by atoms with Crippen LogP contribution in [0, 0.1) is 5.82 Å². The number of nitrogens with one attached hydrogen (secondary N) is 1. The molecule has 0 aliphatic heterocycles. The Morgan fingerprint density at radius 1 is 1.24 bits per heavy atom. The van der Waals surface area contributed by atoms with E-state index in [-0.39, 0.29) is 23.5 Å². The highest BCUT2D eigenvalue weighted by molar-refractivity contribution is 9.10. The average molecular weight is 350 g/mol. The molecule has 21 heavy (non-hydrogen) atoms. The second-order valence-corrected chi connectivity index (χ2v) is 4.95. The van der Waals surface area contributed by atoms with Crippen LogP contribution < -0.4 is 11.1 Å². The molecule has 0 spiro atoms. The van der Waals surface area contributed by atoms with Crippen LogP contribution in [-0.4, -0.2) is 24.5 Å². The monoisotopic (exact) mass is 349 g/mol. The molecule has 106 valence electrons. The van der Waals surface area contributed by atoms with Crippen LogP contribution >= 0.6 is 15.9 Å². The van der Waals surface area contributed by atoms with Crippen LogP contribution in [0.2, 0.25) is 0 Å². The summed E-state index contributed by atoms with van der Waals surface area (Å²) >= 11 is 3.27. The number of anilines is 3. The van der Waals surface area contributed by atoms with E-state index >= 15 is 0 Å². The molecular formula is C12H9BrFN7. The SMILES string of the molecule is Nc1nc(Nc2cc(Br)ccc2F)nc(-n2ccnc2)n1. The number of imidazole rings is 1. The van der Waals surface area contributed by atoms with E-state index in [1.54, 1.807) is 29.1 Å². The van der Waals surface area contributed by atoms with Crippen molar-refractivity contribution in [2.45, 2.75) is 0 Å². The summed E-state index contributed by atoms with van der Waals surface area (Å²) in [6.07, 6.45) is 4.78. The third-order valence-corrected chi connectivity index (χ3v) is 3.04. The minimum absolute atomic E-state index is 0.0200. The topological polar surface area (TPSA) is 94.5 Å². The van der Waals surface area contributed by atoms with E-state index in [1.807, 2.05) is 0 Å². The second kappa shape index (κ2) is 5.44. The van der Waals surface area contributed by atoms with Gasteiger partial charge >= 0.3 is 0 Å². The van der Waals surface area contributed by atoms with Gasteiger partial charge in [-0.05, 0) is 18.2 Å². The van der Waals surface area contributed by atoms with Gasteiger partial charge < -0.3 is 11.1 Å². The third kappa shape index (κ3) is 2.97. The Bertz CT molecular complexity index is 775. The summed E-state index contributed by atoms with van der Waals surface area (Å²) in [7, 11) is 0. The fourth-order valence-corrected chi connectivity index (χ4v) is 2.00. The molecular weight excluding hydrogens is 341 g/mol. The standard InChI is InChI=1S/C12H9BrFN7/c13-7-1-2-8(14)9(5-7)17-11-18-10(15)19-12(20-11)21-4-3-16-6-21/h1-6H,(H3,15,17,18,19,20). The molecule has 0 saturated carbocycles. The molecule has 3 aromatic rings. The molecule has 0 amide bonds. The first-order valence-electron chi connectivity index (χ1n) is 5.84. The van der Waals surface area contributed by atoms with Gasteiger partial charge in [-0.3, -0.25) is 4.57 Å². The van der Waals surface area contributed by atoms with Crippen molar-refractivity contribution in [1.29, 1.82) is 0 Å².